The number of benzene rings is 1. The van der Waals surface area contributed by atoms with Gasteiger partial charge < -0.3 is 10.0 Å². The molecule has 2 rings (SSSR count). The van der Waals surface area contributed by atoms with Crippen LogP contribution in [0.3, 0.4) is 0 Å². The second kappa shape index (κ2) is 5.66. The van der Waals surface area contributed by atoms with E-state index < -0.39 is 4.92 Å². The van der Waals surface area contributed by atoms with Crippen LogP contribution in [0.15, 0.2) is 22.7 Å². The molecule has 0 unspecified atom stereocenters. The molecule has 1 N–H and O–H groups in total. The predicted octanol–water partition coefficient (Wildman–Crippen LogP) is 1.95. The number of hydrogen-bond donors (Lipinski definition) is 1. The standard InChI is InChI=1S/C12H13BrN2O4/c13-9-4-8(5-11(6-9)15(18)19)12(17)14-3-1-2-10(14)7-16/h4-6,10,16H,1-3,7H2/t10-/m1/s1. The minimum Gasteiger partial charge on any atom is -0.394 e. The maximum Gasteiger partial charge on any atom is 0.271 e. The number of nitro benzene ring substituents is 1. The van der Waals surface area contributed by atoms with Gasteiger partial charge in [-0.05, 0) is 18.9 Å². The second-order valence-corrected chi connectivity index (χ2v) is 5.35. The van der Waals surface area contributed by atoms with Crippen molar-refractivity contribution in [3.8, 4) is 0 Å². The number of aliphatic hydroxyl groups is 1. The summed E-state index contributed by atoms with van der Waals surface area (Å²) in [7, 11) is 0. The zero-order valence-corrected chi connectivity index (χ0v) is 11.7. The smallest absolute Gasteiger partial charge is 0.271 e. The molecular weight excluding hydrogens is 316 g/mol. The number of aliphatic hydroxyl groups excluding tert-OH is 1. The van der Waals surface area contributed by atoms with Gasteiger partial charge in [0.25, 0.3) is 11.6 Å². The zero-order valence-electron chi connectivity index (χ0n) is 10.1. The van der Waals surface area contributed by atoms with Gasteiger partial charge in [-0.15, -0.1) is 0 Å². The fourth-order valence-electron chi connectivity index (χ4n) is 2.26. The molecule has 7 heteroatoms. The van der Waals surface area contributed by atoms with Crippen LogP contribution in [-0.2, 0) is 0 Å². The topological polar surface area (TPSA) is 83.7 Å². The molecule has 0 aliphatic carbocycles. The fraction of sp³-hybridized carbons (Fsp3) is 0.417. The number of nitrogens with zero attached hydrogens (tertiary/aromatic N) is 2. The number of hydrogen-bond acceptors (Lipinski definition) is 4. The van der Waals surface area contributed by atoms with E-state index in [0.29, 0.717) is 11.0 Å². The molecular formula is C12H13BrN2O4. The largest absolute Gasteiger partial charge is 0.394 e. The van der Waals surface area contributed by atoms with Crippen LogP contribution in [0.1, 0.15) is 23.2 Å². The van der Waals surface area contributed by atoms with E-state index in [9.17, 15) is 20.0 Å². The minimum absolute atomic E-state index is 0.0815. The molecule has 19 heavy (non-hydrogen) atoms. The molecule has 0 bridgehead atoms. The van der Waals surface area contributed by atoms with Crippen LogP contribution < -0.4 is 0 Å². The van der Waals surface area contributed by atoms with Gasteiger partial charge in [0.05, 0.1) is 17.6 Å². The molecule has 1 amide bonds. The third kappa shape index (κ3) is 2.93. The third-order valence-corrected chi connectivity index (χ3v) is 3.65. The summed E-state index contributed by atoms with van der Waals surface area (Å²) in [6, 6.07) is 3.98. The average molecular weight is 329 g/mol. The maximum absolute atomic E-state index is 12.3. The van der Waals surface area contributed by atoms with E-state index in [0.717, 1.165) is 12.8 Å². The van der Waals surface area contributed by atoms with Crippen molar-refractivity contribution in [1.82, 2.24) is 4.90 Å². The third-order valence-electron chi connectivity index (χ3n) is 3.19. The van der Waals surface area contributed by atoms with Crippen molar-refractivity contribution in [2.75, 3.05) is 13.2 Å². The van der Waals surface area contributed by atoms with E-state index in [2.05, 4.69) is 15.9 Å². The molecule has 1 aromatic carbocycles. The highest BCUT2D eigenvalue weighted by molar-refractivity contribution is 9.10. The minimum atomic E-state index is -0.533. The number of rotatable bonds is 3. The highest BCUT2D eigenvalue weighted by Gasteiger charge is 2.29. The number of halogens is 1. The Hall–Kier alpha value is -1.47. The molecule has 1 aromatic rings. The Labute approximate surface area is 118 Å². The number of carbonyl (C=O) groups excluding carboxylic acids is 1. The lowest BCUT2D eigenvalue weighted by Gasteiger charge is -2.23. The summed E-state index contributed by atoms with van der Waals surface area (Å²) in [6.45, 7) is 0.492. The molecule has 1 fully saturated rings. The van der Waals surface area contributed by atoms with Gasteiger partial charge in [0.1, 0.15) is 0 Å². The maximum atomic E-state index is 12.3. The summed E-state index contributed by atoms with van der Waals surface area (Å²) >= 11 is 3.17. The molecule has 1 atom stereocenters. The van der Waals surface area contributed by atoms with E-state index >= 15 is 0 Å². The van der Waals surface area contributed by atoms with Crippen LogP contribution >= 0.6 is 15.9 Å². The van der Waals surface area contributed by atoms with Crippen LogP contribution in [0.25, 0.3) is 0 Å². The number of carbonyl (C=O) groups is 1. The van der Waals surface area contributed by atoms with Gasteiger partial charge in [-0.3, -0.25) is 14.9 Å². The highest BCUT2D eigenvalue weighted by Crippen LogP contribution is 2.25. The Morgan fingerprint density at radius 1 is 1.53 bits per heavy atom. The van der Waals surface area contributed by atoms with Crippen molar-refractivity contribution < 1.29 is 14.8 Å². The number of non-ortho nitro benzene ring substituents is 1. The Bertz CT molecular complexity index is 520. The molecule has 1 heterocycles. The lowest BCUT2D eigenvalue weighted by Crippen LogP contribution is -2.37. The molecule has 1 saturated heterocycles. The molecule has 6 nitrogen and oxygen atoms in total. The van der Waals surface area contributed by atoms with Gasteiger partial charge in [0, 0.05) is 28.7 Å². The van der Waals surface area contributed by atoms with Gasteiger partial charge in [0.2, 0.25) is 0 Å². The Balaban J connectivity index is 2.30. The lowest BCUT2D eigenvalue weighted by molar-refractivity contribution is -0.385. The van der Waals surface area contributed by atoms with Crippen molar-refractivity contribution in [2.45, 2.75) is 18.9 Å². The number of nitro groups is 1. The Morgan fingerprint density at radius 2 is 2.26 bits per heavy atom. The van der Waals surface area contributed by atoms with Crippen molar-refractivity contribution >= 4 is 27.5 Å². The van der Waals surface area contributed by atoms with Gasteiger partial charge in [-0.2, -0.15) is 0 Å². The van der Waals surface area contributed by atoms with E-state index in [1.807, 2.05) is 0 Å². The monoisotopic (exact) mass is 328 g/mol. The first-order chi connectivity index (χ1) is 9.02. The quantitative estimate of drug-likeness (QED) is 0.679. The summed E-state index contributed by atoms with van der Waals surface area (Å²) in [5, 5.41) is 20.0. The summed E-state index contributed by atoms with van der Waals surface area (Å²) in [5.41, 5.74) is 0.138. The SMILES string of the molecule is O=C(c1cc(Br)cc([N+](=O)[O-])c1)N1CCC[C@@H]1CO. The molecule has 1 aliphatic rings. The van der Waals surface area contributed by atoms with Crippen molar-refractivity contribution in [3.05, 3.63) is 38.3 Å². The van der Waals surface area contributed by atoms with Gasteiger partial charge in [-0.25, -0.2) is 0 Å². The second-order valence-electron chi connectivity index (χ2n) is 4.43. The van der Waals surface area contributed by atoms with Crippen LogP contribution in [0.5, 0.6) is 0 Å². The number of amides is 1. The van der Waals surface area contributed by atoms with E-state index in [-0.39, 0.29) is 29.8 Å². The highest BCUT2D eigenvalue weighted by atomic mass is 79.9. The molecule has 102 valence electrons. The molecule has 0 radical (unpaired) electrons. The lowest BCUT2D eigenvalue weighted by atomic mass is 10.1. The van der Waals surface area contributed by atoms with Crippen molar-refractivity contribution in [2.24, 2.45) is 0 Å². The molecule has 1 aliphatic heterocycles. The van der Waals surface area contributed by atoms with Gasteiger partial charge in [-0.1, -0.05) is 15.9 Å². The van der Waals surface area contributed by atoms with Crippen molar-refractivity contribution in [3.63, 3.8) is 0 Å². The first-order valence-corrected chi connectivity index (χ1v) is 6.69. The number of likely N-dealkylation sites (tertiary alicyclic amines) is 1. The normalized spacial score (nSPS) is 18.6. The summed E-state index contributed by atoms with van der Waals surface area (Å²) in [5.74, 6) is -0.277. The fourth-order valence-corrected chi connectivity index (χ4v) is 2.74. The summed E-state index contributed by atoms with van der Waals surface area (Å²) in [6.07, 6.45) is 1.60. The van der Waals surface area contributed by atoms with Crippen LogP contribution in [0, 0.1) is 10.1 Å². The molecule has 0 aromatic heterocycles. The van der Waals surface area contributed by atoms with Crippen molar-refractivity contribution in [1.29, 1.82) is 0 Å². The first-order valence-electron chi connectivity index (χ1n) is 5.89. The van der Waals surface area contributed by atoms with Crippen LogP contribution in [-0.4, -0.2) is 40.0 Å². The first kappa shape index (κ1) is 14.0. The van der Waals surface area contributed by atoms with E-state index in [1.54, 1.807) is 11.0 Å². The Morgan fingerprint density at radius 3 is 2.89 bits per heavy atom. The predicted molar refractivity (Wildman–Crippen MR) is 71.9 cm³/mol. The summed E-state index contributed by atoms with van der Waals surface area (Å²) in [4.78, 5) is 24.1. The van der Waals surface area contributed by atoms with Gasteiger partial charge >= 0.3 is 0 Å². The Kier molecular flexibility index (Phi) is 4.16. The van der Waals surface area contributed by atoms with Crippen LogP contribution in [0.4, 0.5) is 5.69 Å². The zero-order chi connectivity index (χ0) is 14.0. The van der Waals surface area contributed by atoms with E-state index in [1.165, 1.54) is 12.1 Å². The van der Waals surface area contributed by atoms with E-state index in [4.69, 9.17) is 0 Å². The summed E-state index contributed by atoms with van der Waals surface area (Å²) < 4.78 is 0.491. The molecule has 0 saturated carbocycles. The molecule has 0 spiro atoms. The average Bonchev–Trinajstić information content (AvgIpc) is 2.85. The van der Waals surface area contributed by atoms with Crippen LogP contribution in [0.2, 0.25) is 0 Å². The van der Waals surface area contributed by atoms with Gasteiger partial charge in [0.15, 0.2) is 0 Å².